The van der Waals surface area contributed by atoms with Crippen molar-refractivity contribution in [2.24, 2.45) is 0 Å². The zero-order valence-corrected chi connectivity index (χ0v) is 16.7. The van der Waals surface area contributed by atoms with Gasteiger partial charge in [0.05, 0.1) is 12.1 Å². The fourth-order valence-corrected chi connectivity index (χ4v) is 3.40. The lowest BCUT2D eigenvalue weighted by Gasteiger charge is -2.26. The minimum Gasteiger partial charge on any atom is -0.478 e. The van der Waals surface area contributed by atoms with E-state index in [9.17, 15) is 19.2 Å². The summed E-state index contributed by atoms with van der Waals surface area (Å²) in [5.74, 6) is -2.89. The van der Waals surface area contributed by atoms with Gasteiger partial charge in [-0.25, -0.2) is 9.69 Å². The number of carboxylic acids is 1. The number of hydrogen-bond acceptors (Lipinski definition) is 4. The molecule has 7 nitrogen and oxygen atoms in total. The first-order valence-electron chi connectivity index (χ1n) is 9.24. The molecule has 154 valence electrons. The lowest BCUT2D eigenvalue weighted by Crippen LogP contribution is -2.45. The van der Waals surface area contributed by atoms with Crippen LogP contribution in [0.2, 0.25) is 5.02 Å². The minimum absolute atomic E-state index is 0.158. The van der Waals surface area contributed by atoms with Crippen molar-refractivity contribution in [2.75, 3.05) is 11.4 Å². The first-order valence-corrected chi connectivity index (χ1v) is 9.62. The van der Waals surface area contributed by atoms with E-state index < -0.39 is 29.7 Å². The highest BCUT2D eigenvalue weighted by molar-refractivity contribution is 6.31. The molecule has 1 atom stereocenters. The van der Waals surface area contributed by atoms with E-state index in [-0.39, 0.29) is 13.0 Å². The third-order valence-corrected chi connectivity index (χ3v) is 4.97. The highest BCUT2D eigenvalue weighted by atomic mass is 35.5. The summed E-state index contributed by atoms with van der Waals surface area (Å²) >= 11 is 5.87. The standard InChI is InChI=1S/C22H19ClN2O5/c23-16-6-8-17(9-7-16)25-20(27)14-18(22(25)30)24(19(26)10-11-21(28)29)13-12-15-4-2-1-3-5-15/h1-11,18H,12-14H2,(H,28,29). The molecule has 1 N–H and O–H groups in total. The molecule has 0 saturated carbocycles. The van der Waals surface area contributed by atoms with Crippen LogP contribution in [0.5, 0.6) is 0 Å². The lowest BCUT2D eigenvalue weighted by molar-refractivity contribution is -0.135. The third-order valence-electron chi connectivity index (χ3n) is 4.72. The summed E-state index contributed by atoms with van der Waals surface area (Å²) in [4.78, 5) is 51.4. The Kier molecular flexibility index (Phi) is 6.64. The molecular weight excluding hydrogens is 408 g/mol. The average molecular weight is 427 g/mol. The van der Waals surface area contributed by atoms with Gasteiger partial charge >= 0.3 is 5.97 Å². The molecule has 0 radical (unpaired) electrons. The number of carbonyl (C=O) groups excluding carboxylic acids is 3. The van der Waals surface area contributed by atoms with Crippen LogP contribution in [0.25, 0.3) is 0 Å². The molecule has 30 heavy (non-hydrogen) atoms. The molecule has 2 aromatic rings. The Bertz CT molecular complexity index is 988. The number of aliphatic carboxylic acids is 1. The molecule has 3 rings (SSSR count). The van der Waals surface area contributed by atoms with Gasteiger partial charge in [0.1, 0.15) is 6.04 Å². The van der Waals surface area contributed by atoms with Gasteiger partial charge in [-0.15, -0.1) is 0 Å². The number of amides is 3. The van der Waals surface area contributed by atoms with Gasteiger partial charge in [0.15, 0.2) is 0 Å². The maximum Gasteiger partial charge on any atom is 0.328 e. The number of nitrogens with zero attached hydrogens (tertiary/aromatic N) is 2. The van der Waals surface area contributed by atoms with Crippen LogP contribution in [-0.4, -0.2) is 46.3 Å². The van der Waals surface area contributed by atoms with Crippen LogP contribution < -0.4 is 4.90 Å². The Morgan fingerprint density at radius 3 is 2.37 bits per heavy atom. The molecule has 1 heterocycles. The van der Waals surface area contributed by atoms with Crippen LogP contribution in [0.1, 0.15) is 12.0 Å². The summed E-state index contributed by atoms with van der Waals surface area (Å²) in [7, 11) is 0. The SMILES string of the molecule is O=C(O)C=CC(=O)N(CCc1ccccc1)C1CC(=O)N(c2ccc(Cl)cc2)C1=O. The number of benzene rings is 2. The van der Waals surface area contributed by atoms with Gasteiger partial charge in [0.2, 0.25) is 11.8 Å². The topological polar surface area (TPSA) is 95.0 Å². The molecule has 0 aliphatic carbocycles. The Morgan fingerprint density at radius 1 is 1.07 bits per heavy atom. The van der Waals surface area contributed by atoms with Gasteiger partial charge in [-0.05, 0) is 36.2 Å². The highest BCUT2D eigenvalue weighted by Gasteiger charge is 2.43. The highest BCUT2D eigenvalue weighted by Crippen LogP contribution is 2.27. The van der Waals surface area contributed by atoms with E-state index in [0.29, 0.717) is 17.1 Å². The van der Waals surface area contributed by atoms with Gasteiger partial charge in [-0.1, -0.05) is 41.9 Å². The number of carboxylic acid groups (broad SMARTS) is 1. The molecule has 3 amide bonds. The van der Waals surface area contributed by atoms with Crippen molar-refractivity contribution in [3.05, 3.63) is 77.3 Å². The Labute approximate surface area is 178 Å². The quantitative estimate of drug-likeness (QED) is 0.542. The summed E-state index contributed by atoms with van der Waals surface area (Å²) in [6.07, 6.45) is 1.89. The second-order valence-electron chi connectivity index (χ2n) is 6.70. The van der Waals surface area contributed by atoms with Crippen LogP contribution in [-0.2, 0) is 25.6 Å². The van der Waals surface area contributed by atoms with E-state index in [1.54, 1.807) is 24.3 Å². The molecule has 0 bridgehead atoms. The number of imide groups is 1. The van der Waals surface area contributed by atoms with E-state index in [0.717, 1.165) is 22.6 Å². The molecule has 1 fully saturated rings. The van der Waals surface area contributed by atoms with Crippen molar-refractivity contribution in [3.8, 4) is 0 Å². The predicted octanol–water partition coefficient (Wildman–Crippen LogP) is 2.68. The zero-order valence-electron chi connectivity index (χ0n) is 15.9. The molecule has 0 aromatic heterocycles. The maximum absolute atomic E-state index is 13.0. The van der Waals surface area contributed by atoms with Crippen LogP contribution in [0, 0.1) is 0 Å². The normalized spacial score (nSPS) is 16.3. The van der Waals surface area contributed by atoms with Gasteiger partial charge in [-0.3, -0.25) is 14.4 Å². The Morgan fingerprint density at radius 2 is 1.73 bits per heavy atom. The van der Waals surface area contributed by atoms with Crippen molar-refractivity contribution < 1.29 is 24.3 Å². The predicted molar refractivity (Wildman–Crippen MR) is 111 cm³/mol. The summed E-state index contributed by atoms with van der Waals surface area (Å²) < 4.78 is 0. The number of carbonyl (C=O) groups is 4. The van der Waals surface area contributed by atoms with Gasteiger partial charge < -0.3 is 10.0 Å². The second kappa shape index (κ2) is 9.37. The number of hydrogen-bond donors (Lipinski definition) is 1. The molecule has 1 unspecified atom stereocenters. The number of anilines is 1. The molecule has 0 spiro atoms. The molecule has 8 heteroatoms. The van der Waals surface area contributed by atoms with E-state index >= 15 is 0 Å². The van der Waals surface area contributed by atoms with Crippen molar-refractivity contribution >= 4 is 41.0 Å². The van der Waals surface area contributed by atoms with Crippen molar-refractivity contribution in [3.63, 3.8) is 0 Å². The van der Waals surface area contributed by atoms with Gasteiger partial charge in [0.25, 0.3) is 5.91 Å². The molecule has 1 aliphatic rings. The molecular formula is C22H19ClN2O5. The summed E-state index contributed by atoms with van der Waals surface area (Å²) in [6.45, 7) is 0.158. The Balaban J connectivity index is 1.85. The first kappa shape index (κ1) is 21.3. The average Bonchev–Trinajstić information content (AvgIpc) is 3.02. The van der Waals surface area contributed by atoms with Crippen molar-refractivity contribution in [1.29, 1.82) is 0 Å². The largest absolute Gasteiger partial charge is 0.478 e. The van der Waals surface area contributed by atoms with Crippen LogP contribution in [0.4, 0.5) is 5.69 Å². The fraction of sp³-hybridized carbons (Fsp3) is 0.182. The monoisotopic (exact) mass is 426 g/mol. The van der Waals surface area contributed by atoms with Crippen molar-refractivity contribution in [1.82, 2.24) is 4.90 Å². The van der Waals surface area contributed by atoms with E-state index in [1.807, 2.05) is 30.3 Å². The Hall–Kier alpha value is -3.45. The summed E-state index contributed by atoms with van der Waals surface area (Å²) in [5, 5.41) is 9.29. The number of halogens is 1. The van der Waals surface area contributed by atoms with Crippen LogP contribution in [0.15, 0.2) is 66.7 Å². The fourth-order valence-electron chi connectivity index (χ4n) is 3.27. The minimum atomic E-state index is -1.28. The summed E-state index contributed by atoms with van der Waals surface area (Å²) in [6, 6.07) is 14.6. The molecule has 1 saturated heterocycles. The second-order valence-corrected chi connectivity index (χ2v) is 7.14. The third kappa shape index (κ3) is 4.93. The first-order chi connectivity index (χ1) is 14.4. The lowest BCUT2D eigenvalue weighted by atomic mass is 10.1. The zero-order chi connectivity index (χ0) is 21.7. The smallest absolute Gasteiger partial charge is 0.328 e. The summed E-state index contributed by atoms with van der Waals surface area (Å²) in [5.41, 5.74) is 1.32. The molecule has 2 aromatic carbocycles. The van der Waals surface area contributed by atoms with E-state index in [2.05, 4.69) is 0 Å². The van der Waals surface area contributed by atoms with Gasteiger partial charge in [0, 0.05) is 23.7 Å². The van der Waals surface area contributed by atoms with Gasteiger partial charge in [-0.2, -0.15) is 0 Å². The molecule has 1 aliphatic heterocycles. The maximum atomic E-state index is 13.0. The van der Waals surface area contributed by atoms with E-state index in [1.165, 1.54) is 4.90 Å². The van der Waals surface area contributed by atoms with Crippen LogP contribution in [0.3, 0.4) is 0 Å². The van der Waals surface area contributed by atoms with E-state index in [4.69, 9.17) is 16.7 Å². The number of rotatable bonds is 7. The van der Waals surface area contributed by atoms with Crippen molar-refractivity contribution in [2.45, 2.75) is 18.9 Å². The van der Waals surface area contributed by atoms with Crippen LogP contribution >= 0.6 is 11.6 Å².